The lowest BCUT2D eigenvalue weighted by Gasteiger charge is -2.04. The van der Waals surface area contributed by atoms with Gasteiger partial charge in [-0.05, 0) is 17.7 Å². The van der Waals surface area contributed by atoms with Crippen LogP contribution in [0.1, 0.15) is 11.1 Å². The van der Waals surface area contributed by atoms with Crippen LogP contribution in [0.15, 0.2) is 18.2 Å². The van der Waals surface area contributed by atoms with Gasteiger partial charge in [0, 0.05) is 12.7 Å². The molecule has 0 atom stereocenters. The Morgan fingerprint density at radius 2 is 2.17 bits per heavy atom. The number of hydrogen-bond donors (Lipinski definition) is 2. The van der Waals surface area contributed by atoms with Gasteiger partial charge in [-0.2, -0.15) is 0 Å². The fourth-order valence-corrected chi connectivity index (χ4v) is 1.02. The van der Waals surface area contributed by atoms with Gasteiger partial charge in [-0.1, -0.05) is 6.07 Å². The maximum Gasteiger partial charge on any atom is 0.121 e. The average Bonchev–Trinajstić information content (AvgIpc) is 2.09. The molecule has 0 bridgehead atoms. The van der Waals surface area contributed by atoms with E-state index in [1.54, 1.807) is 25.3 Å². The Morgan fingerprint density at radius 1 is 1.42 bits per heavy atom. The average molecular weight is 168 g/mol. The van der Waals surface area contributed by atoms with Gasteiger partial charge in [-0.3, -0.25) is 0 Å². The van der Waals surface area contributed by atoms with Crippen molar-refractivity contribution in [3.8, 4) is 5.75 Å². The highest BCUT2D eigenvalue weighted by atomic mass is 16.5. The van der Waals surface area contributed by atoms with Gasteiger partial charge >= 0.3 is 0 Å². The van der Waals surface area contributed by atoms with Crippen LogP contribution in [0.5, 0.6) is 5.75 Å². The van der Waals surface area contributed by atoms with Crippen molar-refractivity contribution in [3.05, 3.63) is 29.3 Å². The summed E-state index contributed by atoms with van der Waals surface area (Å²) in [6.45, 7) is 0.344. The molecule has 0 spiro atoms. The lowest BCUT2D eigenvalue weighted by Crippen LogP contribution is -1.90. The largest absolute Gasteiger partial charge is 0.508 e. The molecule has 0 unspecified atom stereocenters. The van der Waals surface area contributed by atoms with Crippen molar-refractivity contribution in [1.82, 2.24) is 0 Å². The summed E-state index contributed by atoms with van der Waals surface area (Å²) >= 11 is 0. The van der Waals surface area contributed by atoms with Gasteiger partial charge < -0.3 is 14.9 Å². The molecular formula is C9H12O3. The number of hydrogen-bond acceptors (Lipinski definition) is 3. The standard InChI is InChI=1S/C9H12O3/c1-12-6-7-2-3-9(11)8(4-7)5-10/h2-4,10-11H,5-6H2,1H3. The van der Waals surface area contributed by atoms with Gasteiger partial charge in [0.15, 0.2) is 0 Å². The third-order valence-corrected chi connectivity index (χ3v) is 1.63. The smallest absolute Gasteiger partial charge is 0.121 e. The molecule has 0 aliphatic rings. The van der Waals surface area contributed by atoms with Crippen molar-refractivity contribution >= 4 is 0 Å². The third kappa shape index (κ3) is 1.96. The minimum atomic E-state index is -0.149. The third-order valence-electron chi connectivity index (χ3n) is 1.63. The van der Waals surface area contributed by atoms with E-state index >= 15 is 0 Å². The molecular weight excluding hydrogens is 156 g/mol. The van der Waals surface area contributed by atoms with Crippen molar-refractivity contribution < 1.29 is 14.9 Å². The Balaban J connectivity index is 2.89. The zero-order valence-corrected chi connectivity index (χ0v) is 6.95. The minimum absolute atomic E-state index is 0.123. The molecule has 0 saturated carbocycles. The van der Waals surface area contributed by atoms with Crippen molar-refractivity contribution in [1.29, 1.82) is 0 Å². The first-order valence-corrected chi connectivity index (χ1v) is 3.68. The highest BCUT2D eigenvalue weighted by Crippen LogP contribution is 2.18. The van der Waals surface area contributed by atoms with E-state index in [2.05, 4.69) is 0 Å². The first-order valence-electron chi connectivity index (χ1n) is 3.68. The number of aliphatic hydroxyl groups is 1. The second kappa shape index (κ2) is 4.09. The monoisotopic (exact) mass is 168 g/mol. The maximum absolute atomic E-state index is 9.20. The number of rotatable bonds is 3. The van der Waals surface area contributed by atoms with Crippen molar-refractivity contribution in [2.45, 2.75) is 13.2 Å². The first kappa shape index (κ1) is 9.03. The van der Waals surface area contributed by atoms with Crippen LogP contribution in [-0.2, 0) is 18.0 Å². The fraction of sp³-hybridized carbons (Fsp3) is 0.333. The molecule has 66 valence electrons. The highest BCUT2D eigenvalue weighted by Gasteiger charge is 2.00. The molecule has 2 N–H and O–H groups in total. The van der Waals surface area contributed by atoms with E-state index < -0.39 is 0 Å². The number of methoxy groups -OCH3 is 1. The van der Waals surface area contributed by atoms with Crippen LogP contribution in [0.25, 0.3) is 0 Å². The van der Waals surface area contributed by atoms with E-state index in [0.29, 0.717) is 12.2 Å². The number of aromatic hydroxyl groups is 1. The van der Waals surface area contributed by atoms with Crippen LogP contribution < -0.4 is 0 Å². The zero-order chi connectivity index (χ0) is 8.97. The van der Waals surface area contributed by atoms with E-state index in [0.717, 1.165) is 5.56 Å². The molecule has 1 rings (SSSR count). The summed E-state index contributed by atoms with van der Waals surface area (Å²) in [5, 5.41) is 18.0. The Labute approximate surface area is 71.2 Å². The predicted octanol–water partition coefficient (Wildman–Crippen LogP) is 1.03. The van der Waals surface area contributed by atoms with Gasteiger partial charge in [0.05, 0.1) is 13.2 Å². The molecule has 0 aromatic heterocycles. The molecule has 0 aliphatic carbocycles. The van der Waals surface area contributed by atoms with Crippen LogP contribution in [0, 0.1) is 0 Å². The van der Waals surface area contributed by atoms with Crippen molar-refractivity contribution in [3.63, 3.8) is 0 Å². The second-order valence-corrected chi connectivity index (χ2v) is 2.55. The van der Waals surface area contributed by atoms with Gasteiger partial charge in [0.2, 0.25) is 0 Å². The molecule has 1 aromatic rings. The lowest BCUT2D eigenvalue weighted by atomic mass is 10.1. The lowest BCUT2D eigenvalue weighted by molar-refractivity contribution is 0.184. The molecule has 0 heterocycles. The Kier molecular flexibility index (Phi) is 3.08. The molecule has 0 saturated heterocycles. The van der Waals surface area contributed by atoms with Crippen LogP contribution in [0.3, 0.4) is 0 Å². The summed E-state index contributed by atoms with van der Waals surface area (Å²) in [6.07, 6.45) is 0. The van der Waals surface area contributed by atoms with E-state index in [1.165, 1.54) is 0 Å². The summed E-state index contributed by atoms with van der Waals surface area (Å²) in [5.41, 5.74) is 1.48. The van der Waals surface area contributed by atoms with Crippen LogP contribution >= 0.6 is 0 Å². The van der Waals surface area contributed by atoms with Crippen molar-refractivity contribution in [2.75, 3.05) is 7.11 Å². The minimum Gasteiger partial charge on any atom is -0.508 e. The number of ether oxygens (including phenoxy) is 1. The first-order chi connectivity index (χ1) is 5.77. The van der Waals surface area contributed by atoms with Crippen molar-refractivity contribution in [2.24, 2.45) is 0 Å². The maximum atomic E-state index is 9.20. The van der Waals surface area contributed by atoms with E-state index in [1.807, 2.05) is 0 Å². The van der Waals surface area contributed by atoms with Gasteiger partial charge in [-0.15, -0.1) is 0 Å². The SMILES string of the molecule is COCc1ccc(O)c(CO)c1. The Bertz CT molecular complexity index is 258. The molecule has 1 aromatic carbocycles. The molecule has 3 heteroatoms. The van der Waals surface area contributed by atoms with Crippen LogP contribution in [0.2, 0.25) is 0 Å². The predicted molar refractivity (Wildman–Crippen MR) is 44.7 cm³/mol. The summed E-state index contributed by atoms with van der Waals surface area (Å²) in [6, 6.07) is 5.04. The molecule has 0 radical (unpaired) electrons. The quantitative estimate of drug-likeness (QED) is 0.708. The number of benzene rings is 1. The summed E-state index contributed by atoms with van der Waals surface area (Å²) < 4.78 is 4.90. The zero-order valence-electron chi connectivity index (χ0n) is 6.95. The number of phenols is 1. The highest BCUT2D eigenvalue weighted by molar-refractivity contribution is 5.35. The second-order valence-electron chi connectivity index (χ2n) is 2.55. The normalized spacial score (nSPS) is 10.2. The van der Waals surface area contributed by atoms with E-state index in [-0.39, 0.29) is 12.4 Å². The topological polar surface area (TPSA) is 49.7 Å². The van der Waals surface area contributed by atoms with E-state index in [9.17, 15) is 5.11 Å². The molecule has 0 fully saturated rings. The molecule has 12 heavy (non-hydrogen) atoms. The Morgan fingerprint density at radius 3 is 2.75 bits per heavy atom. The van der Waals surface area contributed by atoms with E-state index in [4.69, 9.17) is 9.84 Å². The van der Waals surface area contributed by atoms with Gasteiger partial charge in [0.1, 0.15) is 5.75 Å². The summed E-state index contributed by atoms with van der Waals surface area (Å²) in [5.74, 6) is 0.123. The summed E-state index contributed by atoms with van der Waals surface area (Å²) in [4.78, 5) is 0. The van der Waals surface area contributed by atoms with Gasteiger partial charge in [0.25, 0.3) is 0 Å². The fourth-order valence-electron chi connectivity index (χ4n) is 1.02. The van der Waals surface area contributed by atoms with Gasteiger partial charge in [-0.25, -0.2) is 0 Å². The van der Waals surface area contributed by atoms with Crippen LogP contribution in [-0.4, -0.2) is 17.3 Å². The summed E-state index contributed by atoms with van der Waals surface area (Å²) in [7, 11) is 1.60. The number of aliphatic hydroxyl groups excluding tert-OH is 1. The molecule has 0 aliphatic heterocycles. The van der Waals surface area contributed by atoms with Crippen LogP contribution in [0.4, 0.5) is 0 Å². The molecule has 3 nitrogen and oxygen atoms in total. The Hall–Kier alpha value is -1.06. The molecule has 0 amide bonds.